The quantitative estimate of drug-likeness (QED) is 0.166. The minimum absolute atomic E-state index is 0.338. The van der Waals surface area contributed by atoms with Gasteiger partial charge in [-0.2, -0.15) is 0 Å². The minimum Gasteiger partial charge on any atom is -0.391 e. The number of aryl methyl sites for hydroxylation is 2. The Labute approximate surface area is 195 Å². The van der Waals surface area contributed by atoms with Crippen molar-refractivity contribution in [3.05, 3.63) is 99.4 Å². The van der Waals surface area contributed by atoms with Crippen LogP contribution in [0.3, 0.4) is 0 Å². The molecular weight excluding hydrogens is 449 g/mol. The highest BCUT2D eigenvalue weighted by atomic mass is 35.5. The van der Waals surface area contributed by atoms with Gasteiger partial charge in [-0.15, -0.1) is 11.8 Å². The second-order valence-electron chi connectivity index (χ2n) is 7.16. The highest BCUT2D eigenvalue weighted by molar-refractivity contribution is 8.00. The maximum absolute atomic E-state index is 6.08. The van der Waals surface area contributed by atoms with E-state index >= 15 is 0 Å². The standard InChI is InChI=1S/C24H21Cl2N3OS/c1-16-10-11-29-23(12-16)27-17(2)24(29)22(15-31-21-8-6-19(25)7-9-21)28-30-14-18-4-3-5-20(26)13-18/h3-13H,14-15H2,1-2H3/b28-22-. The lowest BCUT2D eigenvalue weighted by molar-refractivity contribution is 0.130. The summed E-state index contributed by atoms with van der Waals surface area (Å²) in [6, 6.07) is 19.5. The molecule has 0 aliphatic heterocycles. The lowest BCUT2D eigenvalue weighted by Gasteiger charge is -2.09. The second kappa shape index (κ2) is 9.77. The van der Waals surface area contributed by atoms with Gasteiger partial charge in [-0.05, 0) is 73.5 Å². The fraction of sp³-hybridized carbons (Fsp3) is 0.167. The zero-order valence-electron chi connectivity index (χ0n) is 17.2. The van der Waals surface area contributed by atoms with Crippen molar-refractivity contribution in [3.63, 3.8) is 0 Å². The van der Waals surface area contributed by atoms with E-state index in [9.17, 15) is 0 Å². The van der Waals surface area contributed by atoms with Gasteiger partial charge in [0.25, 0.3) is 0 Å². The van der Waals surface area contributed by atoms with Crippen LogP contribution in [0.1, 0.15) is 22.5 Å². The van der Waals surface area contributed by atoms with E-state index in [0.717, 1.165) is 43.8 Å². The number of oxime groups is 1. The lowest BCUT2D eigenvalue weighted by Crippen LogP contribution is -2.11. The van der Waals surface area contributed by atoms with Crippen LogP contribution in [0.4, 0.5) is 0 Å². The largest absolute Gasteiger partial charge is 0.391 e. The van der Waals surface area contributed by atoms with Crippen LogP contribution in [0.2, 0.25) is 10.0 Å². The molecule has 0 amide bonds. The van der Waals surface area contributed by atoms with E-state index < -0.39 is 0 Å². The molecule has 0 fully saturated rings. The Hall–Kier alpha value is -2.47. The lowest BCUT2D eigenvalue weighted by atomic mass is 10.2. The minimum atomic E-state index is 0.338. The average molecular weight is 470 g/mol. The summed E-state index contributed by atoms with van der Waals surface area (Å²) in [7, 11) is 0. The highest BCUT2D eigenvalue weighted by Gasteiger charge is 2.16. The Morgan fingerprint density at radius 2 is 1.84 bits per heavy atom. The fourth-order valence-corrected chi connectivity index (χ4v) is 4.40. The molecule has 0 saturated carbocycles. The van der Waals surface area contributed by atoms with E-state index in [-0.39, 0.29) is 0 Å². The topological polar surface area (TPSA) is 38.9 Å². The fourth-order valence-electron chi connectivity index (χ4n) is 3.24. The monoisotopic (exact) mass is 469 g/mol. The van der Waals surface area contributed by atoms with E-state index in [1.165, 1.54) is 0 Å². The zero-order valence-corrected chi connectivity index (χ0v) is 19.5. The Balaban J connectivity index is 1.63. The number of rotatable bonds is 7. The molecule has 158 valence electrons. The van der Waals surface area contributed by atoms with Crippen LogP contribution in [0.5, 0.6) is 0 Å². The molecule has 4 rings (SSSR count). The summed E-state index contributed by atoms with van der Waals surface area (Å²) in [5.41, 5.74) is 5.69. The van der Waals surface area contributed by atoms with Crippen LogP contribution in [-0.4, -0.2) is 20.8 Å². The van der Waals surface area contributed by atoms with Crippen LogP contribution in [-0.2, 0) is 11.4 Å². The maximum atomic E-state index is 6.08. The van der Waals surface area contributed by atoms with Gasteiger partial charge in [-0.1, -0.05) is 40.5 Å². The van der Waals surface area contributed by atoms with Gasteiger partial charge in [0.1, 0.15) is 18.0 Å². The molecule has 2 aromatic carbocycles. The van der Waals surface area contributed by atoms with E-state index in [2.05, 4.69) is 28.6 Å². The summed E-state index contributed by atoms with van der Waals surface area (Å²) < 4.78 is 2.06. The third-order valence-corrected chi connectivity index (χ3v) is 6.22. The van der Waals surface area contributed by atoms with Crippen molar-refractivity contribution in [3.8, 4) is 0 Å². The normalized spacial score (nSPS) is 11.8. The number of halogens is 2. The first-order valence-corrected chi connectivity index (χ1v) is 11.5. The van der Waals surface area contributed by atoms with E-state index in [0.29, 0.717) is 17.4 Å². The summed E-state index contributed by atoms with van der Waals surface area (Å²) in [6.07, 6.45) is 2.03. The van der Waals surface area contributed by atoms with Crippen molar-refractivity contribution < 1.29 is 4.84 Å². The maximum Gasteiger partial charge on any atom is 0.142 e. The van der Waals surface area contributed by atoms with Gasteiger partial charge >= 0.3 is 0 Å². The molecule has 0 spiro atoms. The molecule has 31 heavy (non-hydrogen) atoms. The molecule has 0 radical (unpaired) electrons. The summed E-state index contributed by atoms with van der Waals surface area (Å²) in [5, 5.41) is 5.92. The molecule has 0 aliphatic rings. The van der Waals surface area contributed by atoms with E-state index in [1.807, 2.05) is 61.7 Å². The van der Waals surface area contributed by atoms with Crippen molar-refractivity contribution in [2.45, 2.75) is 25.3 Å². The summed E-state index contributed by atoms with van der Waals surface area (Å²) >= 11 is 13.8. The van der Waals surface area contributed by atoms with Gasteiger partial charge < -0.3 is 4.84 Å². The SMILES string of the molecule is Cc1ccn2c(/C(CSc3ccc(Cl)cc3)=N\OCc3cccc(Cl)c3)c(C)nc2c1. The molecule has 7 heteroatoms. The first kappa shape index (κ1) is 21.8. The molecular formula is C24H21Cl2N3OS. The van der Waals surface area contributed by atoms with Crippen molar-refractivity contribution in [1.29, 1.82) is 0 Å². The molecule has 2 heterocycles. The van der Waals surface area contributed by atoms with Crippen molar-refractivity contribution in [2.75, 3.05) is 5.75 Å². The van der Waals surface area contributed by atoms with Gasteiger partial charge in [0.15, 0.2) is 0 Å². The van der Waals surface area contributed by atoms with Crippen LogP contribution in [0, 0.1) is 13.8 Å². The van der Waals surface area contributed by atoms with Crippen LogP contribution >= 0.6 is 35.0 Å². The predicted octanol–water partition coefficient (Wildman–Crippen LogP) is 6.97. The van der Waals surface area contributed by atoms with Crippen molar-refractivity contribution in [2.24, 2.45) is 5.16 Å². The molecule has 0 atom stereocenters. The van der Waals surface area contributed by atoms with Gasteiger partial charge in [0.2, 0.25) is 0 Å². The molecule has 4 aromatic rings. The molecule has 0 saturated heterocycles. The predicted molar refractivity (Wildman–Crippen MR) is 130 cm³/mol. The number of fused-ring (bicyclic) bond motifs is 1. The first-order valence-electron chi connectivity index (χ1n) is 9.77. The third-order valence-electron chi connectivity index (χ3n) is 4.71. The smallest absolute Gasteiger partial charge is 0.142 e. The van der Waals surface area contributed by atoms with Crippen LogP contribution in [0.15, 0.2) is 76.9 Å². The van der Waals surface area contributed by atoms with Crippen LogP contribution in [0.25, 0.3) is 5.65 Å². The summed E-state index contributed by atoms with van der Waals surface area (Å²) in [4.78, 5) is 11.6. The second-order valence-corrected chi connectivity index (χ2v) is 9.08. The number of pyridine rings is 1. The average Bonchev–Trinajstić information content (AvgIpc) is 3.06. The Bertz CT molecular complexity index is 1240. The Morgan fingerprint density at radius 1 is 1.03 bits per heavy atom. The zero-order chi connectivity index (χ0) is 21.8. The number of nitrogens with zero attached hydrogens (tertiary/aromatic N) is 3. The van der Waals surface area contributed by atoms with Gasteiger partial charge in [0, 0.05) is 26.9 Å². The number of benzene rings is 2. The van der Waals surface area contributed by atoms with Crippen LogP contribution < -0.4 is 0 Å². The molecule has 0 aliphatic carbocycles. The number of aromatic nitrogens is 2. The first-order chi connectivity index (χ1) is 15.0. The van der Waals surface area contributed by atoms with Crippen molar-refractivity contribution in [1.82, 2.24) is 9.38 Å². The van der Waals surface area contributed by atoms with E-state index in [4.69, 9.17) is 33.0 Å². The molecule has 0 unspecified atom stereocenters. The molecule has 4 nitrogen and oxygen atoms in total. The molecule has 0 N–H and O–H groups in total. The van der Waals surface area contributed by atoms with Crippen molar-refractivity contribution >= 4 is 46.3 Å². The van der Waals surface area contributed by atoms with Gasteiger partial charge in [-0.25, -0.2) is 4.98 Å². The number of hydrogen-bond donors (Lipinski definition) is 0. The third kappa shape index (κ3) is 5.42. The molecule has 0 bridgehead atoms. The van der Waals surface area contributed by atoms with Gasteiger partial charge in [0.05, 0.1) is 11.4 Å². The highest BCUT2D eigenvalue weighted by Crippen LogP contribution is 2.24. The van der Waals surface area contributed by atoms with Gasteiger partial charge in [-0.3, -0.25) is 4.40 Å². The Kier molecular flexibility index (Phi) is 6.86. The number of imidazole rings is 1. The number of hydrogen-bond acceptors (Lipinski definition) is 4. The van der Waals surface area contributed by atoms with E-state index in [1.54, 1.807) is 11.8 Å². The summed E-state index contributed by atoms with van der Waals surface area (Å²) in [5.74, 6) is 0.625. The Morgan fingerprint density at radius 3 is 2.61 bits per heavy atom. The molecule has 2 aromatic heterocycles. The number of thioether (sulfide) groups is 1. The summed E-state index contributed by atoms with van der Waals surface area (Å²) in [6.45, 7) is 4.39.